The molecule has 2 heterocycles. The summed E-state index contributed by atoms with van der Waals surface area (Å²) in [7, 11) is -7.31. The van der Waals surface area contributed by atoms with Crippen LogP contribution in [0.2, 0.25) is 0 Å². The van der Waals surface area contributed by atoms with E-state index in [4.69, 9.17) is 5.11 Å². The first-order chi connectivity index (χ1) is 9.22. The van der Waals surface area contributed by atoms with E-state index in [2.05, 4.69) is 9.14 Å². The molecule has 1 fully saturated rings. The second-order valence-corrected chi connectivity index (χ2v) is 8.51. The van der Waals surface area contributed by atoms with Gasteiger partial charge < -0.3 is 9.52 Å². The predicted octanol–water partition coefficient (Wildman–Crippen LogP) is -0.167. The summed E-state index contributed by atoms with van der Waals surface area (Å²) in [6.45, 7) is -0.242. The van der Waals surface area contributed by atoms with Crippen LogP contribution in [0.25, 0.3) is 0 Å². The first-order valence-corrected chi connectivity index (χ1v) is 8.96. The zero-order valence-corrected chi connectivity index (χ0v) is 11.9. The minimum atomic E-state index is -4.06. The third-order valence-electron chi connectivity index (χ3n) is 3.02. The SMILES string of the molecule is O=C(O)c1ccc(S(=O)(=O)NCC2CCCS2(=O)=O)o1. The molecule has 1 aliphatic heterocycles. The Morgan fingerprint density at radius 3 is 2.65 bits per heavy atom. The number of carbonyl (C=O) groups is 1. The van der Waals surface area contributed by atoms with Crippen LogP contribution in [-0.4, -0.2) is 45.5 Å². The summed E-state index contributed by atoms with van der Waals surface area (Å²) in [6, 6.07) is 2.03. The number of furan rings is 1. The van der Waals surface area contributed by atoms with Crippen LogP contribution < -0.4 is 4.72 Å². The van der Waals surface area contributed by atoms with E-state index in [0.717, 1.165) is 12.1 Å². The molecule has 0 saturated carbocycles. The van der Waals surface area contributed by atoms with Gasteiger partial charge in [0.05, 0.1) is 11.0 Å². The zero-order chi connectivity index (χ0) is 15.0. The van der Waals surface area contributed by atoms with Crippen molar-refractivity contribution in [1.29, 1.82) is 0 Å². The van der Waals surface area contributed by atoms with Crippen molar-refractivity contribution in [3.63, 3.8) is 0 Å². The Kier molecular flexibility index (Phi) is 3.89. The molecule has 8 nitrogen and oxygen atoms in total. The molecule has 20 heavy (non-hydrogen) atoms. The lowest BCUT2D eigenvalue weighted by atomic mass is 10.2. The average Bonchev–Trinajstić information content (AvgIpc) is 2.93. The highest BCUT2D eigenvalue weighted by molar-refractivity contribution is 7.92. The minimum absolute atomic E-state index is 0.0588. The van der Waals surface area contributed by atoms with Crippen molar-refractivity contribution in [3.05, 3.63) is 17.9 Å². The number of hydrogen-bond donors (Lipinski definition) is 2. The van der Waals surface area contributed by atoms with Crippen LogP contribution in [0.15, 0.2) is 21.6 Å². The standard InChI is InChI=1S/C10H13NO7S2/c12-10(13)8-3-4-9(18-8)20(16,17)11-6-7-2-1-5-19(7,14)15/h3-4,7,11H,1-2,5-6H2,(H,12,13). The quantitative estimate of drug-likeness (QED) is 0.769. The smallest absolute Gasteiger partial charge is 0.371 e. The van der Waals surface area contributed by atoms with Crippen LogP contribution >= 0.6 is 0 Å². The molecule has 0 aromatic carbocycles. The second-order valence-electron chi connectivity index (χ2n) is 4.41. The molecular weight excluding hydrogens is 310 g/mol. The summed E-state index contributed by atoms with van der Waals surface area (Å²) in [5, 5.41) is 7.35. The predicted molar refractivity (Wildman–Crippen MR) is 67.7 cm³/mol. The van der Waals surface area contributed by atoms with Gasteiger partial charge in [-0.05, 0) is 25.0 Å². The van der Waals surface area contributed by atoms with Gasteiger partial charge in [0.15, 0.2) is 9.84 Å². The van der Waals surface area contributed by atoms with Gasteiger partial charge in [-0.15, -0.1) is 0 Å². The van der Waals surface area contributed by atoms with Crippen LogP contribution in [0.4, 0.5) is 0 Å². The first-order valence-electron chi connectivity index (χ1n) is 5.77. The van der Waals surface area contributed by atoms with Crippen molar-refractivity contribution < 1.29 is 31.2 Å². The molecule has 0 amide bonds. The van der Waals surface area contributed by atoms with Crippen molar-refractivity contribution in [3.8, 4) is 0 Å². The maximum Gasteiger partial charge on any atom is 0.371 e. The second kappa shape index (κ2) is 5.19. The van der Waals surface area contributed by atoms with E-state index >= 15 is 0 Å². The number of nitrogens with one attached hydrogen (secondary N) is 1. The van der Waals surface area contributed by atoms with Crippen molar-refractivity contribution in [1.82, 2.24) is 4.72 Å². The fourth-order valence-electron chi connectivity index (χ4n) is 1.94. The topological polar surface area (TPSA) is 131 Å². The average molecular weight is 323 g/mol. The monoisotopic (exact) mass is 323 g/mol. The van der Waals surface area contributed by atoms with Crippen molar-refractivity contribution >= 4 is 25.8 Å². The largest absolute Gasteiger partial charge is 0.475 e. The maximum atomic E-state index is 11.8. The third kappa shape index (κ3) is 3.02. The van der Waals surface area contributed by atoms with Gasteiger partial charge in [0, 0.05) is 6.54 Å². The van der Waals surface area contributed by atoms with Gasteiger partial charge in [-0.2, -0.15) is 0 Å². The summed E-state index contributed by atoms with van der Waals surface area (Å²) in [5.41, 5.74) is 0. The van der Waals surface area contributed by atoms with Crippen molar-refractivity contribution in [2.45, 2.75) is 23.2 Å². The van der Waals surface area contributed by atoms with E-state index in [9.17, 15) is 21.6 Å². The number of sulfonamides is 1. The Morgan fingerprint density at radius 1 is 1.45 bits per heavy atom. The molecular formula is C10H13NO7S2. The van der Waals surface area contributed by atoms with Gasteiger partial charge in [-0.1, -0.05) is 0 Å². The Labute approximate surface area is 115 Å². The van der Waals surface area contributed by atoms with E-state index in [-0.39, 0.29) is 12.3 Å². The number of rotatable bonds is 5. The van der Waals surface area contributed by atoms with E-state index in [1.54, 1.807) is 0 Å². The van der Waals surface area contributed by atoms with E-state index < -0.39 is 41.9 Å². The lowest BCUT2D eigenvalue weighted by Gasteiger charge is -2.09. The molecule has 0 spiro atoms. The van der Waals surface area contributed by atoms with Crippen LogP contribution in [0.1, 0.15) is 23.4 Å². The molecule has 1 unspecified atom stereocenters. The molecule has 1 aliphatic rings. The third-order valence-corrected chi connectivity index (χ3v) is 6.59. The molecule has 0 aliphatic carbocycles. The van der Waals surface area contributed by atoms with Crippen molar-refractivity contribution in [2.75, 3.05) is 12.3 Å². The normalized spacial score (nSPS) is 21.9. The van der Waals surface area contributed by atoms with E-state index in [0.29, 0.717) is 12.8 Å². The number of aromatic carboxylic acids is 1. The molecule has 112 valence electrons. The number of sulfone groups is 1. The van der Waals surface area contributed by atoms with Crippen LogP contribution in [0, 0.1) is 0 Å². The Balaban J connectivity index is 2.09. The fraction of sp³-hybridized carbons (Fsp3) is 0.500. The number of hydrogen-bond acceptors (Lipinski definition) is 6. The highest BCUT2D eigenvalue weighted by Crippen LogP contribution is 2.20. The Hall–Kier alpha value is -1.39. The number of carboxylic acid groups (broad SMARTS) is 1. The molecule has 1 aromatic rings. The van der Waals surface area contributed by atoms with Crippen LogP contribution in [0.3, 0.4) is 0 Å². The molecule has 10 heteroatoms. The minimum Gasteiger partial charge on any atom is -0.475 e. The van der Waals surface area contributed by atoms with Gasteiger partial charge in [-0.25, -0.2) is 26.4 Å². The molecule has 1 saturated heterocycles. The summed E-state index contributed by atoms with van der Waals surface area (Å²) >= 11 is 0. The zero-order valence-electron chi connectivity index (χ0n) is 10.3. The summed E-state index contributed by atoms with van der Waals surface area (Å²) in [6.07, 6.45) is 0.919. The maximum absolute atomic E-state index is 11.8. The van der Waals surface area contributed by atoms with Gasteiger partial charge in [-0.3, -0.25) is 0 Å². The molecule has 1 atom stereocenters. The van der Waals surface area contributed by atoms with Gasteiger partial charge >= 0.3 is 5.97 Å². The summed E-state index contributed by atoms with van der Waals surface area (Å²) in [5.74, 6) is -1.83. The van der Waals surface area contributed by atoms with E-state index in [1.165, 1.54) is 0 Å². The highest BCUT2D eigenvalue weighted by Gasteiger charge is 2.32. The lowest BCUT2D eigenvalue weighted by Crippen LogP contribution is -2.34. The van der Waals surface area contributed by atoms with Crippen molar-refractivity contribution in [2.24, 2.45) is 0 Å². The van der Waals surface area contributed by atoms with Gasteiger partial charge in [0.1, 0.15) is 0 Å². The molecule has 2 rings (SSSR count). The Morgan fingerprint density at radius 2 is 2.15 bits per heavy atom. The lowest BCUT2D eigenvalue weighted by molar-refractivity contribution is 0.0656. The Bertz CT molecular complexity index is 717. The van der Waals surface area contributed by atoms with Gasteiger partial charge in [0.25, 0.3) is 10.0 Å². The summed E-state index contributed by atoms with van der Waals surface area (Å²) < 4.78 is 53.6. The molecule has 0 bridgehead atoms. The van der Waals surface area contributed by atoms with E-state index in [1.807, 2.05) is 0 Å². The van der Waals surface area contributed by atoms with Crippen LogP contribution in [-0.2, 0) is 19.9 Å². The molecule has 2 N–H and O–H groups in total. The molecule has 1 aromatic heterocycles. The highest BCUT2D eigenvalue weighted by atomic mass is 32.2. The first kappa shape index (κ1) is 15.0. The van der Waals surface area contributed by atoms with Crippen LogP contribution in [0.5, 0.6) is 0 Å². The molecule has 0 radical (unpaired) electrons. The summed E-state index contributed by atoms with van der Waals surface area (Å²) in [4.78, 5) is 10.6. The fourth-order valence-corrected chi connectivity index (χ4v) is 4.82. The number of carboxylic acids is 1. The van der Waals surface area contributed by atoms with Gasteiger partial charge in [0.2, 0.25) is 10.9 Å².